The molecule has 1 fully saturated rings. The van der Waals surface area contributed by atoms with Crippen LogP contribution in [0.4, 0.5) is 0 Å². The molecule has 0 radical (unpaired) electrons. The molecular formula is C30H32O4. The Morgan fingerprint density at radius 3 is 1.71 bits per heavy atom. The molecule has 0 amide bonds. The molecule has 176 valence electrons. The number of carbonyl (C=O) groups excluding carboxylic acids is 2. The van der Waals surface area contributed by atoms with Gasteiger partial charge in [-0.15, -0.1) is 0 Å². The number of esters is 2. The zero-order valence-electron chi connectivity index (χ0n) is 20.0. The molecule has 0 aromatic heterocycles. The molecular weight excluding hydrogens is 424 g/mol. The van der Waals surface area contributed by atoms with E-state index in [1.165, 1.54) is 12.0 Å². The molecule has 0 N–H and O–H groups in total. The Kier molecular flexibility index (Phi) is 7.79. The number of aryl methyl sites for hydroxylation is 2. The molecule has 1 saturated carbocycles. The summed E-state index contributed by atoms with van der Waals surface area (Å²) in [7, 11) is 0. The fourth-order valence-corrected chi connectivity index (χ4v) is 4.83. The van der Waals surface area contributed by atoms with Crippen molar-refractivity contribution in [2.75, 3.05) is 0 Å². The molecule has 1 aliphatic rings. The maximum atomic E-state index is 13.2. The maximum Gasteiger partial charge on any atom is 0.343 e. The number of hydrogen-bond acceptors (Lipinski definition) is 4. The highest BCUT2D eigenvalue weighted by Gasteiger charge is 2.29. The predicted octanol–water partition coefficient (Wildman–Crippen LogP) is 7.30. The van der Waals surface area contributed by atoms with Crippen molar-refractivity contribution >= 4 is 11.9 Å². The number of rotatable bonds is 7. The van der Waals surface area contributed by atoms with Crippen molar-refractivity contribution in [1.29, 1.82) is 0 Å². The highest BCUT2D eigenvalue weighted by molar-refractivity contribution is 5.93. The van der Waals surface area contributed by atoms with Crippen molar-refractivity contribution in [2.45, 2.75) is 64.7 Å². The first-order chi connectivity index (χ1) is 16.6. The van der Waals surface area contributed by atoms with E-state index in [9.17, 15) is 9.59 Å². The summed E-state index contributed by atoms with van der Waals surface area (Å²) >= 11 is 0. The Morgan fingerprint density at radius 2 is 1.21 bits per heavy atom. The average Bonchev–Trinajstić information content (AvgIpc) is 2.90. The first-order valence-electron chi connectivity index (χ1n) is 12.3. The molecule has 0 unspecified atom stereocenters. The van der Waals surface area contributed by atoms with Crippen LogP contribution in [-0.2, 0) is 12.8 Å². The van der Waals surface area contributed by atoms with Crippen LogP contribution in [0.3, 0.4) is 0 Å². The van der Waals surface area contributed by atoms with Crippen molar-refractivity contribution in [3.8, 4) is 11.5 Å². The van der Waals surface area contributed by atoms with E-state index in [1.807, 2.05) is 31.2 Å². The standard InChI is InChI=1S/C30H32O4/c1-3-21-20-22(4-2)27(33-29(31)24-16-10-6-11-17-24)28(26(21)23-14-8-5-9-15-23)34-30(32)25-18-12-7-13-19-25/h6-7,10-13,16-20,23H,3-5,8-9,14-15H2,1-2H3. The van der Waals surface area contributed by atoms with E-state index in [0.717, 1.165) is 43.2 Å². The van der Waals surface area contributed by atoms with Gasteiger partial charge in [0.1, 0.15) is 0 Å². The molecule has 0 saturated heterocycles. The summed E-state index contributed by atoms with van der Waals surface area (Å²) in [6, 6.07) is 20.0. The average molecular weight is 457 g/mol. The summed E-state index contributed by atoms with van der Waals surface area (Å²) in [5.41, 5.74) is 4.00. The molecule has 0 atom stereocenters. The summed E-state index contributed by atoms with van der Waals surface area (Å²) < 4.78 is 12.1. The van der Waals surface area contributed by atoms with Crippen molar-refractivity contribution in [2.24, 2.45) is 0 Å². The second kappa shape index (κ2) is 11.1. The van der Waals surface area contributed by atoms with Crippen LogP contribution in [-0.4, -0.2) is 11.9 Å². The van der Waals surface area contributed by atoms with E-state index >= 15 is 0 Å². The van der Waals surface area contributed by atoms with Crippen LogP contribution in [0.15, 0.2) is 66.7 Å². The molecule has 0 heterocycles. The van der Waals surface area contributed by atoms with Crippen LogP contribution in [0.25, 0.3) is 0 Å². The monoisotopic (exact) mass is 456 g/mol. The first kappa shape index (κ1) is 23.7. The lowest BCUT2D eigenvalue weighted by Gasteiger charge is -2.28. The van der Waals surface area contributed by atoms with Gasteiger partial charge in [-0.3, -0.25) is 0 Å². The van der Waals surface area contributed by atoms with Gasteiger partial charge in [-0.05, 0) is 67.0 Å². The SMILES string of the molecule is CCc1cc(CC)c(C2CCCCC2)c(OC(=O)c2ccccc2)c1OC(=O)c1ccccc1. The Morgan fingerprint density at radius 1 is 0.706 bits per heavy atom. The van der Waals surface area contributed by atoms with Crippen LogP contribution in [0.5, 0.6) is 11.5 Å². The smallest absolute Gasteiger partial charge is 0.343 e. The fourth-order valence-electron chi connectivity index (χ4n) is 4.83. The van der Waals surface area contributed by atoms with Gasteiger partial charge in [0.05, 0.1) is 11.1 Å². The number of ether oxygens (including phenoxy) is 2. The Bertz CT molecular complexity index is 1130. The summed E-state index contributed by atoms with van der Waals surface area (Å²) in [4.78, 5) is 26.3. The third kappa shape index (κ3) is 5.22. The van der Waals surface area contributed by atoms with E-state index in [4.69, 9.17) is 9.47 Å². The van der Waals surface area contributed by atoms with Gasteiger partial charge < -0.3 is 9.47 Å². The lowest BCUT2D eigenvalue weighted by atomic mass is 9.80. The molecule has 3 aromatic rings. The summed E-state index contributed by atoms with van der Waals surface area (Å²) in [5, 5.41) is 0. The third-order valence-electron chi connectivity index (χ3n) is 6.62. The first-order valence-corrected chi connectivity index (χ1v) is 12.3. The second-order valence-corrected chi connectivity index (χ2v) is 8.82. The van der Waals surface area contributed by atoms with Gasteiger partial charge in [0, 0.05) is 5.56 Å². The van der Waals surface area contributed by atoms with Crippen LogP contribution >= 0.6 is 0 Å². The van der Waals surface area contributed by atoms with E-state index in [-0.39, 0.29) is 5.92 Å². The third-order valence-corrected chi connectivity index (χ3v) is 6.62. The molecule has 0 aliphatic heterocycles. The van der Waals surface area contributed by atoms with E-state index in [2.05, 4.69) is 13.0 Å². The minimum atomic E-state index is -0.453. The number of hydrogen-bond donors (Lipinski definition) is 0. The summed E-state index contributed by atoms with van der Waals surface area (Å²) in [6.45, 7) is 4.15. The molecule has 0 spiro atoms. The van der Waals surface area contributed by atoms with Gasteiger partial charge in [0.2, 0.25) is 0 Å². The zero-order valence-corrected chi connectivity index (χ0v) is 20.0. The number of carbonyl (C=O) groups is 2. The highest BCUT2D eigenvalue weighted by Crippen LogP contribution is 2.46. The van der Waals surface area contributed by atoms with Crippen LogP contribution in [0.2, 0.25) is 0 Å². The molecule has 0 bridgehead atoms. The highest BCUT2D eigenvalue weighted by atomic mass is 16.6. The quantitative estimate of drug-likeness (QED) is 0.276. The van der Waals surface area contributed by atoms with Gasteiger partial charge in [-0.25, -0.2) is 9.59 Å². The van der Waals surface area contributed by atoms with E-state index < -0.39 is 11.9 Å². The minimum Gasteiger partial charge on any atom is -0.419 e. The van der Waals surface area contributed by atoms with Crippen molar-refractivity contribution < 1.29 is 19.1 Å². The number of benzene rings is 3. The normalized spacial score (nSPS) is 13.9. The van der Waals surface area contributed by atoms with Gasteiger partial charge >= 0.3 is 11.9 Å². The van der Waals surface area contributed by atoms with Gasteiger partial charge in [-0.1, -0.05) is 75.6 Å². The Balaban J connectivity index is 1.84. The molecule has 3 aromatic carbocycles. The molecule has 1 aliphatic carbocycles. The van der Waals surface area contributed by atoms with E-state index in [0.29, 0.717) is 29.0 Å². The molecule has 4 heteroatoms. The molecule has 34 heavy (non-hydrogen) atoms. The van der Waals surface area contributed by atoms with Crippen molar-refractivity contribution in [1.82, 2.24) is 0 Å². The van der Waals surface area contributed by atoms with Crippen LogP contribution in [0.1, 0.15) is 89.3 Å². The largest absolute Gasteiger partial charge is 0.419 e. The van der Waals surface area contributed by atoms with Crippen LogP contribution < -0.4 is 9.47 Å². The van der Waals surface area contributed by atoms with Crippen molar-refractivity contribution in [3.63, 3.8) is 0 Å². The summed E-state index contributed by atoms with van der Waals surface area (Å²) in [5.74, 6) is 0.179. The lowest BCUT2D eigenvalue weighted by Crippen LogP contribution is -2.18. The fraction of sp³-hybridized carbons (Fsp3) is 0.333. The zero-order chi connectivity index (χ0) is 23.9. The van der Waals surface area contributed by atoms with Gasteiger partial charge in [-0.2, -0.15) is 0 Å². The van der Waals surface area contributed by atoms with Crippen LogP contribution in [0, 0.1) is 0 Å². The predicted molar refractivity (Wildman–Crippen MR) is 134 cm³/mol. The topological polar surface area (TPSA) is 52.6 Å². The Hall–Kier alpha value is -3.40. The van der Waals surface area contributed by atoms with Crippen molar-refractivity contribution in [3.05, 3.63) is 94.5 Å². The maximum absolute atomic E-state index is 13.2. The molecule has 4 rings (SSSR count). The minimum absolute atomic E-state index is 0.280. The molecule has 4 nitrogen and oxygen atoms in total. The summed E-state index contributed by atoms with van der Waals surface area (Å²) in [6.07, 6.45) is 7.08. The van der Waals surface area contributed by atoms with Gasteiger partial charge in [0.15, 0.2) is 11.5 Å². The second-order valence-electron chi connectivity index (χ2n) is 8.82. The van der Waals surface area contributed by atoms with E-state index in [1.54, 1.807) is 36.4 Å². The van der Waals surface area contributed by atoms with Gasteiger partial charge in [0.25, 0.3) is 0 Å². The lowest BCUT2D eigenvalue weighted by molar-refractivity contribution is 0.0678. The Labute approximate surface area is 201 Å².